The first-order chi connectivity index (χ1) is 11.4. The van der Waals surface area contributed by atoms with Crippen molar-refractivity contribution in [3.63, 3.8) is 0 Å². The molecule has 0 bridgehead atoms. The number of rotatable bonds is 7. The van der Waals surface area contributed by atoms with E-state index >= 15 is 0 Å². The molecule has 0 fully saturated rings. The van der Waals surface area contributed by atoms with Crippen molar-refractivity contribution in [1.29, 1.82) is 0 Å². The minimum absolute atomic E-state index is 0.103. The van der Waals surface area contributed by atoms with Crippen LogP contribution in [-0.2, 0) is 0 Å². The lowest BCUT2D eigenvalue weighted by atomic mass is 10.2. The van der Waals surface area contributed by atoms with Crippen molar-refractivity contribution in [2.75, 3.05) is 5.43 Å². The van der Waals surface area contributed by atoms with E-state index in [-0.39, 0.29) is 17.1 Å². The van der Waals surface area contributed by atoms with Gasteiger partial charge in [0, 0.05) is 11.6 Å². The number of hydrogen-bond donors (Lipinski definition) is 1. The Bertz CT molecular complexity index is 693. The van der Waals surface area contributed by atoms with E-state index in [1.165, 1.54) is 30.3 Å². The molecule has 2 rings (SSSR count). The molecule has 0 saturated heterocycles. The predicted molar refractivity (Wildman–Crippen MR) is 77.3 cm³/mol. The van der Waals surface area contributed by atoms with Crippen LogP contribution >= 0.6 is 0 Å². The SMILES string of the molecule is Fc1ccc(N/N=C\c2ccc(OC(F)F)cc2OC(F)F)cc1. The Morgan fingerprint density at radius 3 is 2.21 bits per heavy atom. The average Bonchev–Trinajstić information content (AvgIpc) is 2.50. The molecule has 0 spiro atoms. The molecule has 128 valence electrons. The monoisotopic (exact) mass is 346 g/mol. The highest BCUT2D eigenvalue weighted by Gasteiger charge is 2.12. The third-order valence-electron chi connectivity index (χ3n) is 2.67. The maximum Gasteiger partial charge on any atom is 0.387 e. The van der Waals surface area contributed by atoms with Crippen molar-refractivity contribution < 1.29 is 31.4 Å². The largest absolute Gasteiger partial charge is 0.435 e. The number of benzene rings is 2. The van der Waals surface area contributed by atoms with Crippen molar-refractivity contribution in [2.24, 2.45) is 5.10 Å². The van der Waals surface area contributed by atoms with Crippen LogP contribution in [-0.4, -0.2) is 19.4 Å². The average molecular weight is 346 g/mol. The number of nitrogens with zero attached hydrogens (tertiary/aromatic N) is 1. The fourth-order valence-electron chi connectivity index (χ4n) is 1.70. The van der Waals surface area contributed by atoms with Gasteiger partial charge in [0.1, 0.15) is 17.3 Å². The van der Waals surface area contributed by atoms with Crippen LogP contribution in [0.4, 0.5) is 27.6 Å². The summed E-state index contributed by atoms with van der Waals surface area (Å²) in [4.78, 5) is 0. The number of nitrogens with one attached hydrogen (secondary N) is 1. The molecular weight excluding hydrogens is 335 g/mol. The van der Waals surface area contributed by atoms with Crippen LogP contribution in [0.15, 0.2) is 47.6 Å². The molecule has 0 aromatic heterocycles. The van der Waals surface area contributed by atoms with E-state index in [1.807, 2.05) is 0 Å². The molecular formula is C15H11F5N2O2. The highest BCUT2D eigenvalue weighted by molar-refractivity contribution is 5.84. The summed E-state index contributed by atoms with van der Waals surface area (Å²) < 4.78 is 70.3. The molecule has 0 atom stereocenters. The molecule has 4 nitrogen and oxygen atoms in total. The minimum Gasteiger partial charge on any atom is -0.435 e. The fourth-order valence-corrected chi connectivity index (χ4v) is 1.70. The Morgan fingerprint density at radius 1 is 0.917 bits per heavy atom. The summed E-state index contributed by atoms with van der Waals surface area (Å²) in [5, 5.41) is 3.79. The zero-order valence-corrected chi connectivity index (χ0v) is 11.9. The molecule has 0 aliphatic rings. The van der Waals surface area contributed by atoms with Crippen molar-refractivity contribution in [3.8, 4) is 11.5 Å². The third-order valence-corrected chi connectivity index (χ3v) is 2.67. The van der Waals surface area contributed by atoms with Gasteiger partial charge in [0.15, 0.2) is 0 Å². The summed E-state index contributed by atoms with van der Waals surface area (Å²) in [5.41, 5.74) is 3.12. The molecule has 9 heteroatoms. The molecule has 0 aliphatic carbocycles. The minimum atomic E-state index is -3.15. The van der Waals surface area contributed by atoms with Crippen LogP contribution in [0.2, 0.25) is 0 Å². The second-order valence-electron chi connectivity index (χ2n) is 4.33. The molecule has 24 heavy (non-hydrogen) atoms. The van der Waals surface area contributed by atoms with Crippen LogP contribution < -0.4 is 14.9 Å². The summed E-state index contributed by atoms with van der Waals surface area (Å²) >= 11 is 0. The van der Waals surface area contributed by atoms with Gasteiger partial charge in [-0.2, -0.15) is 22.7 Å². The van der Waals surface area contributed by atoms with E-state index in [1.54, 1.807) is 0 Å². The first-order valence-corrected chi connectivity index (χ1v) is 6.52. The summed E-state index contributed by atoms with van der Waals surface area (Å²) in [5.74, 6) is -1.14. The van der Waals surface area contributed by atoms with E-state index < -0.39 is 19.0 Å². The van der Waals surface area contributed by atoms with Crippen LogP contribution in [0.1, 0.15) is 5.56 Å². The zero-order valence-electron chi connectivity index (χ0n) is 11.9. The van der Waals surface area contributed by atoms with E-state index in [4.69, 9.17) is 0 Å². The second-order valence-corrected chi connectivity index (χ2v) is 4.33. The molecule has 0 amide bonds. The second kappa shape index (κ2) is 8.14. The summed E-state index contributed by atoms with van der Waals surface area (Å²) in [7, 11) is 0. The lowest BCUT2D eigenvalue weighted by Crippen LogP contribution is -2.06. The Kier molecular flexibility index (Phi) is 5.94. The molecule has 0 unspecified atom stereocenters. The maximum absolute atomic E-state index is 12.8. The highest BCUT2D eigenvalue weighted by atomic mass is 19.3. The lowest BCUT2D eigenvalue weighted by molar-refractivity contribution is -0.0543. The van der Waals surface area contributed by atoms with E-state index in [0.29, 0.717) is 5.69 Å². The maximum atomic E-state index is 12.8. The third kappa shape index (κ3) is 5.41. The van der Waals surface area contributed by atoms with Gasteiger partial charge >= 0.3 is 13.2 Å². The van der Waals surface area contributed by atoms with Crippen molar-refractivity contribution in [2.45, 2.75) is 13.2 Å². The van der Waals surface area contributed by atoms with Gasteiger partial charge in [-0.05, 0) is 36.4 Å². The summed E-state index contributed by atoms with van der Waals surface area (Å²) in [6, 6.07) is 8.54. The van der Waals surface area contributed by atoms with E-state index in [9.17, 15) is 22.0 Å². The number of halogens is 5. The van der Waals surface area contributed by atoms with Gasteiger partial charge < -0.3 is 9.47 Å². The van der Waals surface area contributed by atoms with Gasteiger partial charge in [-0.1, -0.05) is 0 Å². The van der Waals surface area contributed by atoms with Gasteiger partial charge in [-0.25, -0.2) is 4.39 Å². The normalized spacial score (nSPS) is 11.3. The van der Waals surface area contributed by atoms with E-state index in [2.05, 4.69) is 20.0 Å². The number of ether oxygens (including phenoxy) is 2. The van der Waals surface area contributed by atoms with E-state index in [0.717, 1.165) is 18.3 Å². The first kappa shape index (κ1) is 17.5. The van der Waals surface area contributed by atoms with Crippen molar-refractivity contribution in [3.05, 3.63) is 53.8 Å². The Morgan fingerprint density at radius 2 is 1.58 bits per heavy atom. The molecule has 0 aliphatic heterocycles. The van der Waals surface area contributed by atoms with Gasteiger partial charge in [0.25, 0.3) is 0 Å². The fraction of sp³-hybridized carbons (Fsp3) is 0.133. The zero-order chi connectivity index (χ0) is 17.5. The molecule has 1 N–H and O–H groups in total. The standard InChI is InChI=1S/C15H11F5N2O2/c16-10-2-4-11(5-3-10)22-21-8-9-1-6-12(23-14(17)18)7-13(9)24-15(19)20/h1-8,14-15,22H/b21-8-. The van der Waals surface area contributed by atoms with Crippen LogP contribution in [0.25, 0.3) is 0 Å². The number of hydrazone groups is 1. The van der Waals surface area contributed by atoms with Crippen LogP contribution in [0.3, 0.4) is 0 Å². The van der Waals surface area contributed by atoms with Crippen LogP contribution in [0.5, 0.6) is 11.5 Å². The van der Waals surface area contributed by atoms with Gasteiger partial charge in [0.2, 0.25) is 0 Å². The Balaban J connectivity index is 2.14. The summed E-state index contributed by atoms with van der Waals surface area (Å²) in [6.07, 6.45) is 1.15. The lowest BCUT2D eigenvalue weighted by Gasteiger charge is -2.10. The quantitative estimate of drug-likeness (QED) is 0.457. The molecule has 2 aromatic carbocycles. The van der Waals surface area contributed by atoms with Gasteiger partial charge in [0.05, 0.1) is 11.9 Å². The van der Waals surface area contributed by atoms with Crippen molar-refractivity contribution >= 4 is 11.9 Å². The molecule has 0 radical (unpaired) electrons. The predicted octanol–water partition coefficient (Wildman–Crippen LogP) is 4.47. The smallest absolute Gasteiger partial charge is 0.387 e. The molecule has 0 saturated carbocycles. The first-order valence-electron chi connectivity index (χ1n) is 6.52. The Hall–Kier alpha value is -2.84. The Labute approximate surface area is 133 Å². The molecule has 2 aromatic rings. The van der Waals surface area contributed by atoms with Gasteiger partial charge in [-0.15, -0.1) is 0 Å². The van der Waals surface area contributed by atoms with Crippen LogP contribution in [0, 0.1) is 5.82 Å². The number of anilines is 1. The summed E-state index contributed by atoms with van der Waals surface area (Å²) in [6.45, 7) is -6.24. The number of hydrogen-bond acceptors (Lipinski definition) is 4. The number of alkyl halides is 4. The van der Waals surface area contributed by atoms with Crippen molar-refractivity contribution in [1.82, 2.24) is 0 Å². The van der Waals surface area contributed by atoms with Gasteiger partial charge in [-0.3, -0.25) is 5.43 Å². The highest BCUT2D eigenvalue weighted by Crippen LogP contribution is 2.26. The topological polar surface area (TPSA) is 42.9 Å². The molecule has 0 heterocycles.